The van der Waals surface area contributed by atoms with Crippen molar-refractivity contribution in [2.45, 2.75) is 12.8 Å². The quantitative estimate of drug-likeness (QED) is 0.633. The van der Waals surface area contributed by atoms with E-state index in [1.165, 1.54) is 27.5 Å². The highest BCUT2D eigenvalue weighted by Crippen LogP contribution is 2.32. The van der Waals surface area contributed by atoms with Crippen LogP contribution >= 0.6 is 0 Å². The number of aliphatic hydroxyl groups is 1. The highest BCUT2D eigenvalue weighted by Gasteiger charge is 2.11. The molecule has 102 valence electrons. The van der Waals surface area contributed by atoms with Crippen molar-refractivity contribution < 1.29 is 5.11 Å². The summed E-state index contributed by atoms with van der Waals surface area (Å²) in [6, 6.07) is 21.5. The van der Waals surface area contributed by atoms with Crippen LogP contribution in [-0.4, -0.2) is 5.11 Å². The molecule has 0 bridgehead atoms. The van der Waals surface area contributed by atoms with Crippen LogP contribution in [0.2, 0.25) is 0 Å². The second-order valence-corrected chi connectivity index (χ2v) is 5.58. The molecule has 0 amide bonds. The average Bonchev–Trinajstić information content (AvgIpc) is 2.54. The lowest BCUT2D eigenvalue weighted by Crippen LogP contribution is -1.99. The molecular formula is C20H16O. The standard InChI is InChI=1S/C20H16O/c21-18-11-10-15-12-17(9-8-16(15)13-18)20-7-3-5-14-4-1-2-6-19(14)20/h1-9,12-13,21H,10-11H2. The van der Waals surface area contributed by atoms with Crippen LogP contribution in [0.3, 0.4) is 0 Å². The SMILES string of the molecule is OC1=Cc2ccc(-c3cccc4ccccc34)cc2CC1. The number of aryl methyl sites for hydroxylation is 1. The van der Waals surface area contributed by atoms with Crippen LogP contribution in [-0.2, 0) is 6.42 Å². The van der Waals surface area contributed by atoms with Crippen molar-refractivity contribution in [3.63, 3.8) is 0 Å². The average molecular weight is 272 g/mol. The lowest BCUT2D eigenvalue weighted by molar-refractivity contribution is 0.391. The number of hydrogen-bond acceptors (Lipinski definition) is 1. The first-order valence-corrected chi connectivity index (χ1v) is 7.32. The van der Waals surface area contributed by atoms with Crippen molar-refractivity contribution >= 4 is 16.8 Å². The third kappa shape index (κ3) is 2.11. The Morgan fingerprint density at radius 2 is 1.67 bits per heavy atom. The summed E-state index contributed by atoms with van der Waals surface area (Å²) in [4.78, 5) is 0. The van der Waals surface area contributed by atoms with E-state index in [2.05, 4.69) is 60.7 Å². The van der Waals surface area contributed by atoms with Gasteiger partial charge in [-0.25, -0.2) is 0 Å². The Balaban J connectivity index is 1.90. The molecule has 4 rings (SSSR count). The third-order valence-electron chi connectivity index (χ3n) is 4.22. The van der Waals surface area contributed by atoms with Gasteiger partial charge in [-0.2, -0.15) is 0 Å². The van der Waals surface area contributed by atoms with Crippen LogP contribution in [0.25, 0.3) is 28.0 Å². The minimum atomic E-state index is 0.486. The molecule has 1 N–H and O–H groups in total. The van der Waals surface area contributed by atoms with Gasteiger partial charge in [0, 0.05) is 6.42 Å². The molecule has 1 aliphatic rings. The Kier molecular flexibility index (Phi) is 2.78. The van der Waals surface area contributed by atoms with Crippen LogP contribution in [0.1, 0.15) is 17.5 Å². The molecule has 0 saturated heterocycles. The van der Waals surface area contributed by atoms with E-state index in [-0.39, 0.29) is 0 Å². The third-order valence-corrected chi connectivity index (χ3v) is 4.22. The van der Waals surface area contributed by atoms with Gasteiger partial charge in [0.2, 0.25) is 0 Å². The fraction of sp³-hybridized carbons (Fsp3) is 0.100. The maximum atomic E-state index is 9.64. The summed E-state index contributed by atoms with van der Waals surface area (Å²) in [5, 5.41) is 12.2. The van der Waals surface area contributed by atoms with Crippen LogP contribution in [0.15, 0.2) is 66.4 Å². The first kappa shape index (κ1) is 12.2. The molecule has 0 heterocycles. The van der Waals surface area contributed by atoms with Crippen molar-refractivity contribution in [2.24, 2.45) is 0 Å². The number of fused-ring (bicyclic) bond motifs is 2. The van der Waals surface area contributed by atoms with E-state index < -0.39 is 0 Å². The Morgan fingerprint density at radius 3 is 2.62 bits per heavy atom. The zero-order valence-corrected chi connectivity index (χ0v) is 11.7. The van der Waals surface area contributed by atoms with Gasteiger partial charge in [-0.15, -0.1) is 0 Å². The smallest absolute Gasteiger partial charge is 0.0932 e. The van der Waals surface area contributed by atoms with E-state index >= 15 is 0 Å². The van der Waals surface area contributed by atoms with Gasteiger partial charge in [-0.05, 0) is 45.5 Å². The van der Waals surface area contributed by atoms with Gasteiger partial charge >= 0.3 is 0 Å². The molecule has 1 nitrogen and oxygen atoms in total. The summed E-state index contributed by atoms with van der Waals surface area (Å²) in [7, 11) is 0. The van der Waals surface area contributed by atoms with Crippen LogP contribution in [0, 0.1) is 0 Å². The largest absolute Gasteiger partial charge is 0.512 e. The van der Waals surface area contributed by atoms with Crippen LogP contribution in [0.5, 0.6) is 0 Å². The van der Waals surface area contributed by atoms with Gasteiger partial charge in [0.05, 0.1) is 5.76 Å². The van der Waals surface area contributed by atoms with Crippen molar-refractivity contribution in [1.29, 1.82) is 0 Å². The predicted molar refractivity (Wildman–Crippen MR) is 88.3 cm³/mol. The molecule has 0 aromatic heterocycles. The summed E-state index contributed by atoms with van der Waals surface area (Å²) in [5.74, 6) is 0.486. The molecule has 3 aromatic carbocycles. The first-order valence-electron chi connectivity index (χ1n) is 7.32. The van der Waals surface area contributed by atoms with E-state index in [1.54, 1.807) is 0 Å². The van der Waals surface area contributed by atoms with Gasteiger partial charge in [0.1, 0.15) is 0 Å². The minimum Gasteiger partial charge on any atom is -0.512 e. The molecule has 21 heavy (non-hydrogen) atoms. The Bertz CT molecular complexity index is 853. The maximum absolute atomic E-state index is 9.64. The van der Waals surface area contributed by atoms with Gasteiger partial charge in [0.15, 0.2) is 0 Å². The van der Waals surface area contributed by atoms with Gasteiger partial charge in [0.25, 0.3) is 0 Å². The summed E-state index contributed by atoms with van der Waals surface area (Å²) in [6.07, 6.45) is 3.54. The molecule has 3 aromatic rings. The Hall–Kier alpha value is -2.54. The van der Waals surface area contributed by atoms with Crippen molar-refractivity contribution in [2.75, 3.05) is 0 Å². The minimum absolute atomic E-state index is 0.486. The predicted octanol–water partition coefficient (Wildman–Crippen LogP) is 5.35. The molecule has 0 spiro atoms. The monoisotopic (exact) mass is 272 g/mol. The fourth-order valence-electron chi connectivity index (χ4n) is 3.12. The Morgan fingerprint density at radius 1 is 0.810 bits per heavy atom. The molecule has 0 unspecified atom stereocenters. The zero-order valence-electron chi connectivity index (χ0n) is 11.7. The Labute approximate surface area is 124 Å². The zero-order chi connectivity index (χ0) is 14.2. The molecule has 1 aliphatic carbocycles. The van der Waals surface area contributed by atoms with Crippen LogP contribution in [0.4, 0.5) is 0 Å². The lowest BCUT2D eigenvalue weighted by Gasteiger charge is -2.15. The number of benzene rings is 3. The normalized spacial score (nSPS) is 13.8. The highest BCUT2D eigenvalue weighted by molar-refractivity contribution is 5.96. The number of allylic oxidation sites excluding steroid dienone is 1. The van der Waals surface area contributed by atoms with Gasteiger partial charge < -0.3 is 5.11 Å². The van der Waals surface area contributed by atoms with Crippen molar-refractivity contribution in [3.8, 4) is 11.1 Å². The van der Waals surface area contributed by atoms with E-state index in [4.69, 9.17) is 0 Å². The van der Waals surface area contributed by atoms with Crippen molar-refractivity contribution in [3.05, 3.63) is 77.5 Å². The summed E-state index contributed by atoms with van der Waals surface area (Å²) in [5.41, 5.74) is 4.98. The maximum Gasteiger partial charge on any atom is 0.0932 e. The topological polar surface area (TPSA) is 20.2 Å². The fourth-order valence-corrected chi connectivity index (χ4v) is 3.12. The molecule has 0 aliphatic heterocycles. The molecule has 0 saturated carbocycles. The van der Waals surface area contributed by atoms with Gasteiger partial charge in [-0.3, -0.25) is 0 Å². The molecular weight excluding hydrogens is 256 g/mol. The summed E-state index contributed by atoms with van der Waals surface area (Å²) < 4.78 is 0. The lowest BCUT2D eigenvalue weighted by atomic mass is 9.91. The summed E-state index contributed by atoms with van der Waals surface area (Å²) in [6.45, 7) is 0. The van der Waals surface area contributed by atoms with E-state index in [9.17, 15) is 5.11 Å². The van der Waals surface area contributed by atoms with E-state index in [1.807, 2.05) is 6.08 Å². The number of aliphatic hydroxyl groups excluding tert-OH is 1. The molecule has 0 fully saturated rings. The number of hydrogen-bond donors (Lipinski definition) is 1. The van der Waals surface area contributed by atoms with E-state index in [0.717, 1.165) is 18.4 Å². The molecule has 1 heteroatoms. The number of rotatable bonds is 1. The highest BCUT2D eigenvalue weighted by atomic mass is 16.3. The summed E-state index contributed by atoms with van der Waals surface area (Å²) >= 11 is 0. The first-order chi connectivity index (χ1) is 10.3. The van der Waals surface area contributed by atoms with E-state index in [0.29, 0.717) is 5.76 Å². The molecule has 0 radical (unpaired) electrons. The van der Waals surface area contributed by atoms with Gasteiger partial charge in [-0.1, -0.05) is 60.7 Å². The second-order valence-electron chi connectivity index (χ2n) is 5.58. The van der Waals surface area contributed by atoms with Crippen LogP contribution < -0.4 is 0 Å². The molecule has 0 atom stereocenters. The second kappa shape index (κ2) is 4.78. The van der Waals surface area contributed by atoms with Crippen molar-refractivity contribution in [1.82, 2.24) is 0 Å².